The molecule has 1 atom stereocenters. The van der Waals surface area contributed by atoms with Gasteiger partial charge in [0, 0.05) is 17.8 Å². The lowest BCUT2D eigenvalue weighted by molar-refractivity contribution is -0.121. The molecule has 0 saturated carbocycles. The Hall–Kier alpha value is -2.34. The van der Waals surface area contributed by atoms with Crippen molar-refractivity contribution in [1.82, 2.24) is 10.1 Å². The summed E-state index contributed by atoms with van der Waals surface area (Å²) in [6.07, 6.45) is 0.710. The molecule has 6 nitrogen and oxygen atoms in total. The van der Waals surface area contributed by atoms with Gasteiger partial charge in [-0.2, -0.15) is 0 Å². The van der Waals surface area contributed by atoms with E-state index in [4.69, 9.17) is 9.26 Å². The van der Waals surface area contributed by atoms with Crippen LogP contribution in [0.4, 0.5) is 5.69 Å². The molecule has 1 N–H and O–H groups in total. The maximum Gasteiger partial charge on any atom is 0.241 e. The minimum atomic E-state index is -0.235. The molecule has 24 heavy (non-hydrogen) atoms. The summed E-state index contributed by atoms with van der Waals surface area (Å²) in [6.45, 7) is 6.43. The average Bonchev–Trinajstić information content (AvgIpc) is 2.88. The Labute approximate surface area is 142 Å². The summed E-state index contributed by atoms with van der Waals surface area (Å²) < 4.78 is 10.3. The van der Waals surface area contributed by atoms with Crippen molar-refractivity contribution < 1.29 is 14.1 Å². The van der Waals surface area contributed by atoms with E-state index in [1.807, 2.05) is 57.0 Å². The number of aromatic nitrogens is 1. The number of methoxy groups -OCH3 is 1. The summed E-state index contributed by atoms with van der Waals surface area (Å²) in [7, 11) is 3.55. The smallest absolute Gasteiger partial charge is 0.241 e. The predicted molar refractivity (Wildman–Crippen MR) is 93.1 cm³/mol. The highest BCUT2D eigenvalue weighted by atomic mass is 16.5. The number of rotatable bonds is 7. The van der Waals surface area contributed by atoms with Crippen molar-refractivity contribution in [2.75, 3.05) is 19.5 Å². The van der Waals surface area contributed by atoms with E-state index in [2.05, 4.69) is 10.5 Å². The second kappa shape index (κ2) is 7.97. The average molecular weight is 331 g/mol. The number of hydrogen-bond acceptors (Lipinski definition) is 5. The third-order valence-corrected chi connectivity index (χ3v) is 4.17. The highest BCUT2D eigenvalue weighted by molar-refractivity contribution is 5.94. The first kappa shape index (κ1) is 18.0. The molecule has 0 fully saturated rings. The van der Waals surface area contributed by atoms with E-state index < -0.39 is 0 Å². The van der Waals surface area contributed by atoms with Crippen molar-refractivity contribution in [3.8, 4) is 5.75 Å². The van der Waals surface area contributed by atoms with Crippen LogP contribution in [0, 0.1) is 13.8 Å². The number of nitrogens with one attached hydrogen (secondary N) is 1. The second-order valence-electron chi connectivity index (χ2n) is 5.86. The number of aryl methyl sites for hydroxylation is 2. The van der Waals surface area contributed by atoms with Gasteiger partial charge in [0.25, 0.3) is 0 Å². The van der Waals surface area contributed by atoms with Gasteiger partial charge in [-0.05, 0) is 51.6 Å². The Morgan fingerprint density at radius 2 is 2.00 bits per heavy atom. The van der Waals surface area contributed by atoms with Gasteiger partial charge in [0.2, 0.25) is 5.91 Å². The fourth-order valence-electron chi connectivity index (χ4n) is 2.68. The van der Waals surface area contributed by atoms with Crippen LogP contribution in [0.15, 0.2) is 28.8 Å². The van der Waals surface area contributed by atoms with Gasteiger partial charge in [-0.15, -0.1) is 0 Å². The fourth-order valence-corrected chi connectivity index (χ4v) is 2.68. The van der Waals surface area contributed by atoms with Crippen LogP contribution in [0.2, 0.25) is 0 Å². The zero-order valence-corrected chi connectivity index (χ0v) is 14.9. The highest BCUT2D eigenvalue weighted by Crippen LogP contribution is 2.19. The summed E-state index contributed by atoms with van der Waals surface area (Å²) in [4.78, 5) is 14.6. The van der Waals surface area contributed by atoms with E-state index in [1.54, 1.807) is 7.11 Å². The van der Waals surface area contributed by atoms with Crippen molar-refractivity contribution in [3.63, 3.8) is 0 Å². The maximum atomic E-state index is 12.6. The Morgan fingerprint density at radius 3 is 2.50 bits per heavy atom. The molecule has 1 amide bonds. The predicted octanol–water partition coefficient (Wildman–Crippen LogP) is 3.15. The Morgan fingerprint density at radius 1 is 1.33 bits per heavy atom. The van der Waals surface area contributed by atoms with Gasteiger partial charge in [-0.3, -0.25) is 9.69 Å². The van der Waals surface area contributed by atoms with Crippen LogP contribution >= 0.6 is 0 Å². The minimum Gasteiger partial charge on any atom is -0.497 e. The summed E-state index contributed by atoms with van der Waals surface area (Å²) >= 11 is 0. The SMILES string of the molecule is CC[C@H](C(=O)Nc1ccc(OC)cc1)N(C)Cc1c(C)noc1C. The third kappa shape index (κ3) is 4.14. The summed E-state index contributed by atoms with van der Waals surface area (Å²) in [5, 5.41) is 6.93. The number of likely N-dealkylation sites (N-methyl/N-ethyl adjacent to an activating group) is 1. The van der Waals surface area contributed by atoms with Crippen LogP contribution in [0.5, 0.6) is 5.75 Å². The first-order chi connectivity index (χ1) is 11.5. The molecule has 1 aromatic carbocycles. The third-order valence-electron chi connectivity index (χ3n) is 4.17. The Bertz CT molecular complexity index is 660. The van der Waals surface area contributed by atoms with Crippen LogP contribution in [-0.4, -0.2) is 36.2 Å². The van der Waals surface area contributed by atoms with Gasteiger partial charge < -0.3 is 14.6 Å². The number of carbonyl (C=O) groups is 1. The van der Waals surface area contributed by atoms with Crippen molar-refractivity contribution in [1.29, 1.82) is 0 Å². The molecular formula is C18H25N3O3. The standard InChI is InChI=1S/C18H25N3O3/c1-6-17(21(4)11-16-12(2)20-24-13(16)3)18(22)19-14-7-9-15(23-5)10-8-14/h7-10,17H,6,11H2,1-5H3,(H,19,22)/t17-/m1/s1. The van der Waals surface area contributed by atoms with E-state index in [-0.39, 0.29) is 11.9 Å². The van der Waals surface area contributed by atoms with Gasteiger partial charge in [-0.25, -0.2) is 0 Å². The minimum absolute atomic E-state index is 0.0306. The molecule has 0 bridgehead atoms. The topological polar surface area (TPSA) is 67.6 Å². The lowest BCUT2D eigenvalue weighted by Crippen LogP contribution is -2.41. The largest absolute Gasteiger partial charge is 0.497 e. The number of hydrogen-bond donors (Lipinski definition) is 1. The number of carbonyl (C=O) groups excluding carboxylic acids is 1. The molecule has 130 valence electrons. The molecule has 0 unspecified atom stereocenters. The first-order valence-electron chi connectivity index (χ1n) is 8.03. The van der Waals surface area contributed by atoms with Gasteiger partial charge >= 0.3 is 0 Å². The lowest BCUT2D eigenvalue weighted by atomic mass is 10.1. The first-order valence-corrected chi connectivity index (χ1v) is 8.03. The zero-order valence-electron chi connectivity index (χ0n) is 14.9. The van der Waals surface area contributed by atoms with E-state index in [1.165, 1.54) is 0 Å². The molecule has 0 aliphatic heterocycles. The summed E-state index contributed by atoms with van der Waals surface area (Å²) in [6, 6.07) is 7.07. The molecule has 2 rings (SSSR count). The van der Waals surface area contributed by atoms with Crippen LogP contribution in [0.1, 0.15) is 30.4 Å². The number of ether oxygens (including phenoxy) is 1. The number of amides is 1. The summed E-state index contributed by atoms with van der Waals surface area (Å²) in [5.74, 6) is 1.53. The van der Waals surface area contributed by atoms with Crippen molar-refractivity contribution >= 4 is 11.6 Å². The Kier molecular flexibility index (Phi) is 5.98. The molecular weight excluding hydrogens is 306 g/mol. The number of anilines is 1. The molecule has 0 aliphatic carbocycles. The molecule has 0 saturated heterocycles. The van der Waals surface area contributed by atoms with Crippen molar-refractivity contribution in [2.45, 2.75) is 39.8 Å². The van der Waals surface area contributed by atoms with Crippen molar-refractivity contribution in [3.05, 3.63) is 41.3 Å². The molecule has 1 heterocycles. The van der Waals surface area contributed by atoms with E-state index in [0.717, 1.165) is 28.5 Å². The van der Waals surface area contributed by atoms with Crippen LogP contribution in [0.25, 0.3) is 0 Å². The Balaban J connectivity index is 2.04. The van der Waals surface area contributed by atoms with Gasteiger partial charge in [-0.1, -0.05) is 12.1 Å². The molecule has 0 spiro atoms. The summed E-state index contributed by atoms with van der Waals surface area (Å²) in [5.41, 5.74) is 2.66. The maximum absolute atomic E-state index is 12.6. The monoisotopic (exact) mass is 331 g/mol. The van der Waals surface area contributed by atoms with E-state index in [0.29, 0.717) is 13.0 Å². The highest BCUT2D eigenvalue weighted by Gasteiger charge is 2.23. The lowest BCUT2D eigenvalue weighted by Gasteiger charge is -2.26. The number of benzene rings is 1. The normalized spacial score (nSPS) is 12.2. The molecule has 0 aliphatic rings. The van der Waals surface area contributed by atoms with Crippen molar-refractivity contribution in [2.24, 2.45) is 0 Å². The van der Waals surface area contributed by atoms with Crippen LogP contribution < -0.4 is 10.1 Å². The van der Waals surface area contributed by atoms with Gasteiger partial charge in [0.15, 0.2) is 0 Å². The quantitative estimate of drug-likeness (QED) is 0.844. The molecule has 2 aromatic rings. The zero-order chi connectivity index (χ0) is 17.7. The fraction of sp³-hybridized carbons (Fsp3) is 0.444. The van der Waals surface area contributed by atoms with Crippen LogP contribution in [-0.2, 0) is 11.3 Å². The number of nitrogens with zero attached hydrogens (tertiary/aromatic N) is 2. The molecule has 6 heteroatoms. The molecule has 0 radical (unpaired) electrons. The van der Waals surface area contributed by atoms with E-state index in [9.17, 15) is 4.79 Å². The second-order valence-corrected chi connectivity index (χ2v) is 5.86. The van der Waals surface area contributed by atoms with Gasteiger partial charge in [0.05, 0.1) is 18.8 Å². The van der Waals surface area contributed by atoms with Gasteiger partial charge in [0.1, 0.15) is 11.5 Å². The molecule has 1 aromatic heterocycles. The van der Waals surface area contributed by atoms with Crippen LogP contribution in [0.3, 0.4) is 0 Å². The van der Waals surface area contributed by atoms with E-state index >= 15 is 0 Å².